The van der Waals surface area contributed by atoms with Crippen molar-refractivity contribution in [1.29, 1.82) is 0 Å². The van der Waals surface area contributed by atoms with E-state index in [-0.39, 0.29) is 6.09 Å². The van der Waals surface area contributed by atoms with Crippen LogP contribution in [0.15, 0.2) is 24.3 Å². The van der Waals surface area contributed by atoms with Crippen molar-refractivity contribution < 1.29 is 14.3 Å². The molecule has 0 saturated carbocycles. The summed E-state index contributed by atoms with van der Waals surface area (Å²) in [5.74, 6) is 0.661. The first-order valence-electron chi connectivity index (χ1n) is 6.61. The van der Waals surface area contributed by atoms with Crippen LogP contribution in [0.2, 0.25) is 5.02 Å². The van der Waals surface area contributed by atoms with Gasteiger partial charge >= 0.3 is 6.09 Å². The van der Waals surface area contributed by atoms with Crippen LogP contribution in [0.4, 0.5) is 4.79 Å². The quantitative estimate of drug-likeness (QED) is 0.772. The Labute approximate surface area is 125 Å². The van der Waals surface area contributed by atoms with Gasteiger partial charge in [-0.05, 0) is 39.3 Å². The van der Waals surface area contributed by atoms with Gasteiger partial charge < -0.3 is 14.4 Å². The Bertz CT molecular complexity index is 443. The molecule has 0 unspecified atom stereocenters. The molecule has 1 aromatic rings. The van der Waals surface area contributed by atoms with E-state index in [4.69, 9.17) is 21.1 Å². The Balaban J connectivity index is 2.27. The monoisotopic (exact) mass is 299 g/mol. The van der Waals surface area contributed by atoms with Crippen molar-refractivity contribution >= 4 is 17.7 Å². The molecule has 1 rings (SSSR count). The highest BCUT2D eigenvalue weighted by atomic mass is 35.5. The zero-order chi connectivity index (χ0) is 15.2. The number of hydrogen-bond donors (Lipinski definition) is 0. The summed E-state index contributed by atoms with van der Waals surface area (Å²) in [5.41, 5.74) is -0.473. The molecule has 0 aliphatic rings. The molecular formula is C15H22ClNO3. The van der Waals surface area contributed by atoms with E-state index in [1.807, 2.05) is 39.0 Å². The van der Waals surface area contributed by atoms with E-state index in [9.17, 15) is 4.79 Å². The second-order valence-electron chi connectivity index (χ2n) is 5.53. The van der Waals surface area contributed by atoms with Crippen LogP contribution in [0.3, 0.4) is 0 Å². The highest BCUT2D eigenvalue weighted by molar-refractivity contribution is 6.32. The fourth-order valence-corrected chi connectivity index (χ4v) is 1.67. The average molecular weight is 300 g/mol. The Hall–Kier alpha value is -1.42. The van der Waals surface area contributed by atoms with Crippen LogP contribution in [-0.2, 0) is 4.74 Å². The van der Waals surface area contributed by atoms with Gasteiger partial charge in [0.05, 0.1) is 11.6 Å². The zero-order valence-corrected chi connectivity index (χ0v) is 13.2. The van der Waals surface area contributed by atoms with Gasteiger partial charge in [-0.15, -0.1) is 0 Å². The summed E-state index contributed by atoms with van der Waals surface area (Å²) in [6.07, 6.45) is 0.385. The first-order chi connectivity index (χ1) is 9.29. The van der Waals surface area contributed by atoms with Crippen LogP contribution < -0.4 is 4.74 Å². The topological polar surface area (TPSA) is 38.8 Å². The average Bonchev–Trinajstić information content (AvgIpc) is 2.34. The molecule has 1 aromatic carbocycles. The molecule has 0 aromatic heterocycles. The zero-order valence-electron chi connectivity index (χ0n) is 12.5. The molecule has 1 amide bonds. The maximum absolute atomic E-state index is 11.7. The van der Waals surface area contributed by atoms with Crippen LogP contribution >= 0.6 is 11.6 Å². The lowest BCUT2D eigenvalue weighted by Gasteiger charge is -2.24. The van der Waals surface area contributed by atoms with E-state index in [1.54, 1.807) is 18.0 Å². The molecule has 0 heterocycles. The van der Waals surface area contributed by atoms with Crippen LogP contribution in [0, 0.1) is 0 Å². The fraction of sp³-hybridized carbons (Fsp3) is 0.533. The minimum absolute atomic E-state index is 0.324. The number of benzene rings is 1. The molecule has 20 heavy (non-hydrogen) atoms. The lowest BCUT2D eigenvalue weighted by molar-refractivity contribution is 0.0292. The maximum Gasteiger partial charge on any atom is 0.410 e. The van der Waals surface area contributed by atoms with Crippen molar-refractivity contribution in [3.8, 4) is 5.75 Å². The summed E-state index contributed by atoms with van der Waals surface area (Å²) in [6, 6.07) is 7.32. The molecule has 0 bridgehead atoms. The Morgan fingerprint density at radius 3 is 2.55 bits per heavy atom. The molecule has 5 heteroatoms. The van der Waals surface area contributed by atoms with E-state index < -0.39 is 5.60 Å². The minimum Gasteiger partial charge on any atom is -0.492 e. The normalized spacial score (nSPS) is 11.1. The second kappa shape index (κ2) is 7.39. The predicted molar refractivity (Wildman–Crippen MR) is 80.4 cm³/mol. The number of halogens is 1. The van der Waals surface area contributed by atoms with Crippen molar-refractivity contribution in [2.75, 3.05) is 20.2 Å². The molecule has 4 nitrogen and oxygen atoms in total. The number of hydrogen-bond acceptors (Lipinski definition) is 3. The van der Waals surface area contributed by atoms with Crippen molar-refractivity contribution in [2.24, 2.45) is 0 Å². The maximum atomic E-state index is 11.7. The Kier molecular flexibility index (Phi) is 6.14. The third-order valence-corrected chi connectivity index (χ3v) is 2.75. The van der Waals surface area contributed by atoms with Crippen LogP contribution in [0.1, 0.15) is 27.2 Å². The highest BCUT2D eigenvalue weighted by Crippen LogP contribution is 2.23. The molecule has 0 radical (unpaired) electrons. The summed E-state index contributed by atoms with van der Waals surface area (Å²) >= 11 is 5.98. The van der Waals surface area contributed by atoms with Gasteiger partial charge in [-0.3, -0.25) is 0 Å². The number of para-hydroxylation sites is 1. The molecule has 0 aliphatic carbocycles. The number of nitrogens with zero attached hydrogens (tertiary/aromatic N) is 1. The molecule has 112 valence electrons. The van der Waals surface area contributed by atoms with E-state index in [2.05, 4.69) is 0 Å². The number of rotatable bonds is 5. The van der Waals surface area contributed by atoms with Gasteiger partial charge in [-0.25, -0.2) is 4.79 Å². The summed E-state index contributed by atoms with van der Waals surface area (Å²) in [5, 5.41) is 0.591. The van der Waals surface area contributed by atoms with E-state index in [1.165, 1.54) is 0 Å². The second-order valence-corrected chi connectivity index (χ2v) is 5.94. The summed E-state index contributed by atoms with van der Waals surface area (Å²) in [4.78, 5) is 13.3. The molecule has 0 spiro atoms. The predicted octanol–water partition coefficient (Wildman–Crippen LogP) is 3.98. The number of ether oxygens (including phenoxy) is 2. The standard InChI is InChI=1S/C15H22ClNO3/c1-15(2,3)20-14(18)17(4)10-7-11-19-13-9-6-5-8-12(13)16/h5-6,8-9H,7,10-11H2,1-4H3. The SMILES string of the molecule is CN(CCCOc1ccccc1Cl)C(=O)OC(C)(C)C. The lowest BCUT2D eigenvalue weighted by Crippen LogP contribution is -2.35. The van der Waals surface area contributed by atoms with E-state index in [0.29, 0.717) is 30.3 Å². The van der Waals surface area contributed by atoms with Gasteiger partial charge in [0, 0.05) is 13.6 Å². The molecule has 0 saturated heterocycles. The van der Waals surface area contributed by atoms with Crippen LogP contribution in [-0.4, -0.2) is 36.8 Å². The van der Waals surface area contributed by atoms with Gasteiger partial charge in [0.2, 0.25) is 0 Å². The largest absolute Gasteiger partial charge is 0.492 e. The third-order valence-electron chi connectivity index (χ3n) is 2.44. The van der Waals surface area contributed by atoms with Crippen molar-refractivity contribution in [3.05, 3.63) is 29.3 Å². The van der Waals surface area contributed by atoms with Gasteiger partial charge in [0.15, 0.2) is 0 Å². The van der Waals surface area contributed by atoms with E-state index >= 15 is 0 Å². The summed E-state index contributed by atoms with van der Waals surface area (Å²) in [6.45, 7) is 6.61. The molecule has 0 aliphatic heterocycles. The Morgan fingerprint density at radius 1 is 1.30 bits per heavy atom. The molecular weight excluding hydrogens is 278 g/mol. The molecule has 0 atom stereocenters. The van der Waals surface area contributed by atoms with Crippen LogP contribution in [0.25, 0.3) is 0 Å². The van der Waals surface area contributed by atoms with E-state index in [0.717, 1.165) is 0 Å². The number of carbonyl (C=O) groups excluding carboxylic acids is 1. The van der Waals surface area contributed by atoms with Gasteiger partial charge in [0.1, 0.15) is 11.4 Å². The third kappa shape index (κ3) is 6.15. The van der Waals surface area contributed by atoms with Gasteiger partial charge in [-0.1, -0.05) is 23.7 Å². The lowest BCUT2D eigenvalue weighted by atomic mass is 10.2. The van der Waals surface area contributed by atoms with Crippen LogP contribution in [0.5, 0.6) is 5.75 Å². The summed E-state index contributed by atoms with van der Waals surface area (Å²) in [7, 11) is 1.71. The highest BCUT2D eigenvalue weighted by Gasteiger charge is 2.19. The van der Waals surface area contributed by atoms with Crippen molar-refractivity contribution in [1.82, 2.24) is 4.90 Å². The summed E-state index contributed by atoms with van der Waals surface area (Å²) < 4.78 is 10.8. The Morgan fingerprint density at radius 2 is 1.95 bits per heavy atom. The molecule has 0 fully saturated rings. The fourth-order valence-electron chi connectivity index (χ4n) is 1.48. The first-order valence-corrected chi connectivity index (χ1v) is 6.99. The number of amides is 1. The van der Waals surface area contributed by atoms with Gasteiger partial charge in [0.25, 0.3) is 0 Å². The van der Waals surface area contributed by atoms with Crippen molar-refractivity contribution in [2.45, 2.75) is 32.8 Å². The van der Waals surface area contributed by atoms with Crippen molar-refractivity contribution in [3.63, 3.8) is 0 Å². The minimum atomic E-state index is -0.473. The van der Waals surface area contributed by atoms with Gasteiger partial charge in [-0.2, -0.15) is 0 Å². The smallest absolute Gasteiger partial charge is 0.410 e. The molecule has 0 N–H and O–H groups in total. The number of carbonyl (C=O) groups is 1. The first kappa shape index (κ1) is 16.6.